The molecule has 0 saturated heterocycles. The Morgan fingerprint density at radius 1 is 1.11 bits per heavy atom. The molecule has 1 heterocycles. The number of nitrogens with one attached hydrogen (secondary N) is 1. The molecule has 3 aromatic rings. The number of alkyl carbamates (subject to hydrolysis) is 1. The lowest BCUT2D eigenvalue weighted by atomic mass is 9.98. The van der Waals surface area contributed by atoms with Crippen molar-refractivity contribution in [3.63, 3.8) is 0 Å². The van der Waals surface area contributed by atoms with E-state index in [0.29, 0.717) is 17.1 Å². The SMILES string of the molecule is CCC(C(=O)O)N(C)C(=O)Cc1csc(CNC(=O)OCC2c3ccccc3-c3ccccc32)n1. The molecule has 0 radical (unpaired) electrons. The Kier molecular flexibility index (Phi) is 7.45. The Bertz CT molecular complexity index is 1200. The van der Waals surface area contributed by atoms with E-state index in [1.165, 1.54) is 34.4 Å². The Morgan fingerprint density at radius 3 is 2.34 bits per heavy atom. The number of amides is 2. The smallest absolute Gasteiger partial charge is 0.407 e. The van der Waals surface area contributed by atoms with Crippen LogP contribution in [-0.2, 0) is 27.3 Å². The Hall–Kier alpha value is -3.72. The lowest BCUT2D eigenvalue weighted by Crippen LogP contribution is -2.42. The number of carbonyl (C=O) groups is 3. The third-order valence-corrected chi connectivity index (χ3v) is 7.09. The second-order valence-corrected chi connectivity index (χ2v) is 9.30. The number of rotatable bonds is 9. The zero-order chi connectivity index (χ0) is 24.9. The minimum absolute atomic E-state index is 0.00171. The molecule has 1 aliphatic carbocycles. The second-order valence-electron chi connectivity index (χ2n) is 8.36. The molecular weight excluding hydrogens is 466 g/mol. The maximum atomic E-state index is 12.4. The van der Waals surface area contributed by atoms with E-state index in [0.717, 1.165) is 11.1 Å². The third kappa shape index (κ3) is 5.35. The molecule has 1 unspecified atom stereocenters. The summed E-state index contributed by atoms with van der Waals surface area (Å²) in [5.74, 6) is -1.37. The van der Waals surface area contributed by atoms with Crippen LogP contribution in [0.4, 0.5) is 4.79 Å². The van der Waals surface area contributed by atoms with Gasteiger partial charge in [-0.3, -0.25) is 4.79 Å². The van der Waals surface area contributed by atoms with E-state index in [9.17, 15) is 19.5 Å². The first kappa shape index (κ1) is 24.4. The average molecular weight is 494 g/mol. The molecule has 4 rings (SSSR count). The summed E-state index contributed by atoms with van der Waals surface area (Å²) in [4.78, 5) is 41.7. The lowest BCUT2D eigenvalue weighted by molar-refractivity contribution is -0.148. The highest BCUT2D eigenvalue weighted by molar-refractivity contribution is 7.09. The Morgan fingerprint density at radius 2 is 1.74 bits per heavy atom. The zero-order valence-electron chi connectivity index (χ0n) is 19.6. The largest absolute Gasteiger partial charge is 0.480 e. The molecule has 0 bridgehead atoms. The third-order valence-electron chi connectivity index (χ3n) is 6.19. The van der Waals surface area contributed by atoms with Gasteiger partial charge in [0, 0.05) is 18.3 Å². The van der Waals surface area contributed by atoms with Gasteiger partial charge in [0.15, 0.2) is 0 Å². The molecule has 2 aromatic carbocycles. The van der Waals surface area contributed by atoms with E-state index in [1.54, 1.807) is 12.3 Å². The Balaban J connectivity index is 1.29. The van der Waals surface area contributed by atoms with Crippen molar-refractivity contribution in [1.29, 1.82) is 0 Å². The predicted molar refractivity (Wildman–Crippen MR) is 132 cm³/mol. The van der Waals surface area contributed by atoms with Gasteiger partial charge in [-0.05, 0) is 28.7 Å². The van der Waals surface area contributed by atoms with Crippen molar-refractivity contribution < 1.29 is 24.2 Å². The monoisotopic (exact) mass is 493 g/mol. The van der Waals surface area contributed by atoms with Gasteiger partial charge in [0.1, 0.15) is 17.7 Å². The van der Waals surface area contributed by atoms with Crippen LogP contribution in [-0.4, -0.2) is 52.7 Å². The van der Waals surface area contributed by atoms with Crippen LogP contribution >= 0.6 is 11.3 Å². The van der Waals surface area contributed by atoms with E-state index >= 15 is 0 Å². The fourth-order valence-electron chi connectivity index (χ4n) is 4.38. The number of nitrogens with zero attached hydrogens (tertiary/aromatic N) is 2. The number of hydrogen-bond acceptors (Lipinski definition) is 6. The van der Waals surface area contributed by atoms with Crippen LogP contribution in [0.5, 0.6) is 0 Å². The molecular formula is C26H27N3O5S. The van der Waals surface area contributed by atoms with Crippen LogP contribution in [0.25, 0.3) is 11.1 Å². The number of hydrogen-bond donors (Lipinski definition) is 2. The average Bonchev–Trinajstić information content (AvgIpc) is 3.43. The maximum absolute atomic E-state index is 12.4. The summed E-state index contributed by atoms with van der Waals surface area (Å²) >= 11 is 1.32. The van der Waals surface area contributed by atoms with Crippen LogP contribution in [0.15, 0.2) is 53.9 Å². The second kappa shape index (κ2) is 10.7. The van der Waals surface area contributed by atoms with E-state index < -0.39 is 18.1 Å². The highest BCUT2D eigenvalue weighted by atomic mass is 32.1. The molecule has 1 aromatic heterocycles. The summed E-state index contributed by atoms with van der Waals surface area (Å²) in [6.45, 7) is 2.13. The standard InChI is InChI=1S/C26H27N3O5S/c1-3-22(25(31)32)29(2)24(30)12-16-15-35-23(28-16)13-27-26(33)34-14-21-19-10-6-4-8-17(19)18-9-5-7-11-20(18)21/h4-11,15,21-22H,3,12-14H2,1-2H3,(H,27,33)(H,31,32). The van der Waals surface area contributed by atoms with E-state index in [1.807, 2.05) is 24.3 Å². The molecule has 8 nitrogen and oxygen atoms in total. The normalized spacial score (nSPS) is 13.0. The van der Waals surface area contributed by atoms with Crippen LogP contribution in [0, 0.1) is 0 Å². The van der Waals surface area contributed by atoms with Gasteiger partial charge in [-0.1, -0.05) is 55.5 Å². The summed E-state index contributed by atoms with van der Waals surface area (Å²) in [7, 11) is 1.48. The predicted octanol–water partition coefficient (Wildman–Crippen LogP) is 4.05. The molecule has 1 atom stereocenters. The number of carboxylic acid groups (broad SMARTS) is 1. The van der Waals surface area contributed by atoms with Gasteiger partial charge in [-0.25, -0.2) is 14.6 Å². The van der Waals surface area contributed by atoms with E-state index in [-0.39, 0.29) is 31.4 Å². The van der Waals surface area contributed by atoms with Gasteiger partial charge in [0.25, 0.3) is 0 Å². The number of likely N-dealkylation sites (N-methyl/N-ethyl adjacent to an activating group) is 1. The van der Waals surface area contributed by atoms with Crippen LogP contribution in [0.2, 0.25) is 0 Å². The summed E-state index contributed by atoms with van der Waals surface area (Å²) in [5.41, 5.74) is 5.17. The van der Waals surface area contributed by atoms with Gasteiger partial charge in [0.2, 0.25) is 5.91 Å². The van der Waals surface area contributed by atoms with Crippen LogP contribution in [0.3, 0.4) is 0 Å². The number of aliphatic carboxylic acids is 1. The first-order chi connectivity index (χ1) is 16.9. The van der Waals surface area contributed by atoms with Gasteiger partial charge < -0.3 is 20.1 Å². The minimum atomic E-state index is -1.03. The van der Waals surface area contributed by atoms with Crippen LogP contribution in [0.1, 0.15) is 41.1 Å². The number of ether oxygens (including phenoxy) is 1. The van der Waals surface area contributed by atoms with Gasteiger partial charge in [-0.2, -0.15) is 0 Å². The van der Waals surface area contributed by atoms with Crippen LogP contribution < -0.4 is 5.32 Å². The molecule has 0 fully saturated rings. The molecule has 1 aliphatic rings. The number of fused-ring (bicyclic) bond motifs is 3. The van der Waals surface area contributed by atoms with Crippen molar-refractivity contribution in [1.82, 2.24) is 15.2 Å². The van der Waals surface area contributed by atoms with Gasteiger partial charge >= 0.3 is 12.1 Å². The van der Waals surface area contributed by atoms with Crippen molar-refractivity contribution >= 4 is 29.3 Å². The molecule has 2 amide bonds. The summed E-state index contributed by atoms with van der Waals surface area (Å²) in [6.07, 6.45) is -0.210. The maximum Gasteiger partial charge on any atom is 0.407 e. The number of benzene rings is 2. The molecule has 35 heavy (non-hydrogen) atoms. The minimum Gasteiger partial charge on any atom is -0.480 e. The fourth-order valence-corrected chi connectivity index (χ4v) is 5.11. The first-order valence-corrected chi connectivity index (χ1v) is 12.3. The summed E-state index contributed by atoms with van der Waals surface area (Å²) in [6, 6.07) is 15.4. The number of carboxylic acids is 1. The molecule has 9 heteroatoms. The molecule has 0 aliphatic heterocycles. The fraction of sp³-hybridized carbons (Fsp3) is 0.308. The quantitative estimate of drug-likeness (QED) is 0.466. The first-order valence-electron chi connectivity index (χ1n) is 11.4. The highest BCUT2D eigenvalue weighted by Crippen LogP contribution is 2.44. The zero-order valence-corrected chi connectivity index (χ0v) is 20.4. The topological polar surface area (TPSA) is 109 Å². The van der Waals surface area contributed by atoms with Crippen molar-refractivity contribution in [2.75, 3.05) is 13.7 Å². The van der Waals surface area contributed by atoms with Gasteiger partial charge in [0.05, 0.1) is 18.7 Å². The number of carbonyl (C=O) groups excluding carboxylic acids is 2. The summed E-state index contributed by atoms with van der Waals surface area (Å²) in [5, 5.41) is 14.3. The Labute approximate surface area is 207 Å². The van der Waals surface area contributed by atoms with E-state index in [4.69, 9.17) is 4.74 Å². The van der Waals surface area contributed by atoms with E-state index in [2.05, 4.69) is 34.6 Å². The highest BCUT2D eigenvalue weighted by Gasteiger charge is 2.29. The number of thiazole rings is 1. The van der Waals surface area contributed by atoms with Crippen molar-refractivity contribution in [2.45, 2.75) is 38.3 Å². The molecule has 0 saturated carbocycles. The molecule has 182 valence electrons. The molecule has 2 N–H and O–H groups in total. The summed E-state index contributed by atoms with van der Waals surface area (Å²) < 4.78 is 5.54. The lowest BCUT2D eigenvalue weighted by Gasteiger charge is -2.23. The van der Waals surface area contributed by atoms with Gasteiger partial charge in [-0.15, -0.1) is 11.3 Å². The van der Waals surface area contributed by atoms with Crippen molar-refractivity contribution in [3.05, 3.63) is 75.7 Å². The van der Waals surface area contributed by atoms with Crippen molar-refractivity contribution in [2.24, 2.45) is 0 Å². The molecule has 0 spiro atoms. The number of aromatic nitrogens is 1. The van der Waals surface area contributed by atoms with Crippen molar-refractivity contribution in [3.8, 4) is 11.1 Å².